The first-order valence-corrected chi connectivity index (χ1v) is 8.09. The molecule has 6 heteroatoms. The zero-order valence-corrected chi connectivity index (χ0v) is 13.3. The van der Waals surface area contributed by atoms with Crippen molar-refractivity contribution in [3.63, 3.8) is 0 Å². The molecule has 2 N–H and O–H groups in total. The lowest BCUT2D eigenvalue weighted by Crippen LogP contribution is -2.54. The van der Waals surface area contributed by atoms with Crippen molar-refractivity contribution in [2.24, 2.45) is 0 Å². The molecule has 0 saturated heterocycles. The molecule has 1 aromatic carbocycles. The molecule has 1 amide bonds. The van der Waals surface area contributed by atoms with E-state index in [0.717, 1.165) is 24.8 Å². The predicted octanol–water partition coefficient (Wildman–Crippen LogP) is 2.79. The van der Waals surface area contributed by atoms with Crippen LogP contribution in [0.2, 0.25) is 0 Å². The third kappa shape index (κ3) is 3.82. The van der Waals surface area contributed by atoms with Crippen molar-refractivity contribution < 1.29 is 19.1 Å². The van der Waals surface area contributed by atoms with Crippen molar-refractivity contribution in [1.29, 1.82) is 0 Å². The Labute approximate surface area is 139 Å². The molecule has 1 saturated carbocycles. The van der Waals surface area contributed by atoms with Crippen molar-refractivity contribution in [2.75, 3.05) is 0 Å². The van der Waals surface area contributed by atoms with E-state index >= 15 is 0 Å². The van der Waals surface area contributed by atoms with Crippen LogP contribution in [-0.2, 0) is 16.0 Å². The molecule has 1 fully saturated rings. The number of amides is 1. The monoisotopic (exact) mass is 328 g/mol. The maximum atomic E-state index is 12.1. The Morgan fingerprint density at radius 2 is 2.00 bits per heavy atom. The molecule has 0 aliphatic heterocycles. The molecule has 0 bridgehead atoms. The molecule has 1 aromatic heterocycles. The van der Waals surface area contributed by atoms with Gasteiger partial charge < -0.3 is 14.8 Å². The zero-order valence-electron chi connectivity index (χ0n) is 13.3. The number of hydrogen-bond acceptors (Lipinski definition) is 4. The van der Waals surface area contributed by atoms with E-state index in [2.05, 4.69) is 10.3 Å². The number of carbonyl (C=O) groups is 2. The third-order valence-electron chi connectivity index (χ3n) is 4.38. The van der Waals surface area contributed by atoms with Gasteiger partial charge in [0, 0.05) is 18.4 Å². The molecule has 0 radical (unpaired) electrons. The van der Waals surface area contributed by atoms with Crippen LogP contribution in [0.3, 0.4) is 0 Å². The van der Waals surface area contributed by atoms with Gasteiger partial charge in [-0.05, 0) is 19.3 Å². The fraction of sp³-hybridized carbons (Fsp3) is 0.389. The maximum absolute atomic E-state index is 12.1. The highest BCUT2D eigenvalue weighted by molar-refractivity contribution is 5.78. The molecule has 24 heavy (non-hydrogen) atoms. The van der Waals surface area contributed by atoms with Gasteiger partial charge in [0.05, 0.1) is 18.2 Å². The number of carboxylic acid groups (broad SMARTS) is 1. The van der Waals surface area contributed by atoms with Crippen LogP contribution in [0, 0.1) is 0 Å². The number of carboxylic acids is 1. The summed E-state index contributed by atoms with van der Waals surface area (Å²) in [6.45, 7) is 0. The second-order valence-electron chi connectivity index (χ2n) is 6.24. The Kier molecular flexibility index (Phi) is 4.64. The van der Waals surface area contributed by atoms with E-state index in [1.807, 2.05) is 30.3 Å². The van der Waals surface area contributed by atoms with Crippen LogP contribution in [0.25, 0.3) is 11.3 Å². The Morgan fingerprint density at radius 1 is 1.25 bits per heavy atom. The van der Waals surface area contributed by atoms with Crippen molar-refractivity contribution >= 4 is 11.9 Å². The van der Waals surface area contributed by atoms with Gasteiger partial charge in [-0.1, -0.05) is 30.3 Å². The molecule has 3 rings (SSSR count). The van der Waals surface area contributed by atoms with Gasteiger partial charge in [0.25, 0.3) is 0 Å². The minimum absolute atomic E-state index is 0.0180. The van der Waals surface area contributed by atoms with Gasteiger partial charge in [-0.3, -0.25) is 9.59 Å². The van der Waals surface area contributed by atoms with E-state index < -0.39 is 11.5 Å². The van der Waals surface area contributed by atoms with Crippen molar-refractivity contribution in [2.45, 2.75) is 44.1 Å². The summed E-state index contributed by atoms with van der Waals surface area (Å²) < 4.78 is 5.67. The van der Waals surface area contributed by atoms with E-state index in [-0.39, 0.29) is 18.7 Å². The summed E-state index contributed by atoms with van der Waals surface area (Å²) in [5.41, 5.74) is 0.380. The number of nitrogens with zero attached hydrogens (tertiary/aromatic N) is 1. The number of oxazole rings is 1. The summed E-state index contributed by atoms with van der Waals surface area (Å²) in [5, 5.41) is 11.9. The van der Waals surface area contributed by atoms with Gasteiger partial charge in [-0.2, -0.15) is 0 Å². The molecule has 2 aromatic rings. The highest BCUT2D eigenvalue weighted by Gasteiger charge is 2.40. The first-order valence-electron chi connectivity index (χ1n) is 8.09. The predicted molar refractivity (Wildman–Crippen MR) is 87.2 cm³/mol. The summed E-state index contributed by atoms with van der Waals surface area (Å²) in [4.78, 5) is 27.2. The Balaban J connectivity index is 1.53. The summed E-state index contributed by atoms with van der Waals surface area (Å²) in [6, 6.07) is 9.64. The molecule has 0 atom stereocenters. The fourth-order valence-corrected chi connectivity index (χ4v) is 2.98. The lowest BCUT2D eigenvalue weighted by atomic mass is 9.74. The van der Waals surface area contributed by atoms with E-state index in [4.69, 9.17) is 9.52 Å². The number of aliphatic carboxylic acids is 1. The minimum Gasteiger partial charge on any atom is -0.481 e. The molecule has 1 heterocycles. The van der Waals surface area contributed by atoms with Crippen LogP contribution in [0.5, 0.6) is 0 Å². The summed E-state index contributed by atoms with van der Waals surface area (Å²) in [7, 11) is 0. The number of rotatable bonds is 7. The first kappa shape index (κ1) is 16.2. The van der Waals surface area contributed by atoms with Gasteiger partial charge in [0.2, 0.25) is 5.91 Å². The van der Waals surface area contributed by atoms with Crippen molar-refractivity contribution in [1.82, 2.24) is 10.3 Å². The molecular weight excluding hydrogens is 308 g/mol. The van der Waals surface area contributed by atoms with E-state index in [1.165, 1.54) is 0 Å². The number of aryl methyl sites for hydroxylation is 1. The topological polar surface area (TPSA) is 92.4 Å². The van der Waals surface area contributed by atoms with E-state index in [1.54, 1.807) is 6.20 Å². The van der Waals surface area contributed by atoms with Crippen LogP contribution in [0.15, 0.2) is 40.9 Å². The molecule has 0 unspecified atom stereocenters. The molecular formula is C18H20N2O4. The van der Waals surface area contributed by atoms with Crippen LogP contribution < -0.4 is 5.32 Å². The normalized spacial score (nSPS) is 15.5. The zero-order chi connectivity index (χ0) is 17.0. The number of hydrogen-bond donors (Lipinski definition) is 2. The maximum Gasteiger partial charge on any atom is 0.305 e. The van der Waals surface area contributed by atoms with Gasteiger partial charge in [0.1, 0.15) is 0 Å². The van der Waals surface area contributed by atoms with E-state index in [9.17, 15) is 9.59 Å². The summed E-state index contributed by atoms with van der Waals surface area (Å²) in [6.07, 6.45) is 4.66. The SMILES string of the molecule is O=C(O)CC1(NC(=O)CCc2ncc(-c3ccccc3)o2)CCC1. The third-order valence-corrected chi connectivity index (χ3v) is 4.38. The van der Waals surface area contributed by atoms with Gasteiger partial charge in [0.15, 0.2) is 11.7 Å². The number of nitrogens with one attached hydrogen (secondary N) is 1. The van der Waals surface area contributed by atoms with Crippen molar-refractivity contribution in [3.05, 3.63) is 42.4 Å². The average Bonchev–Trinajstić information content (AvgIpc) is 3.00. The Hall–Kier alpha value is -2.63. The van der Waals surface area contributed by atoms with Gasteiger partial charge in [-0.25, -0.2) is 4.98 Å². The standard InChI is InChI=1S/C18H20N2O4/c21-15(20-18(9-4-10-18)11-17(22)23)7-8-16-19-12-14(24-16)13-5-2-1-3-6-13/h1-3,5-6,12H,4,7-11H2,(H,20,21)(H,22,23). The van der Waals surface area contributed by atoms with Gasteiger partial charge >= 0.3 is 5.97 Å². The molecule has 126 valence electrons. The number of aromatic nitrogens is 1. The van der Waals surface area contributed by atoms with Crippen molar-refractivity contribution in [3.8, 4) is 11.3 Å². The highest BCUT2D eigenvalue weighted by Crippen LogP contribution is 2.35. The summed E-state index contributed by atoms with van der Waals surface area (Å²) in [5.74, 6) is 0.142. The number of carbonyl (C=O) groups excluding carboxylic acids is 1. The first-order chi connectivity index (χ1) is 11.6. The lowest BCUT2D eigenvalue weighted by Gasteiger charge is -2.41. The number of benzene rings is 1. The Bertz CT molecular complexity index is 720. The largest absolute Gasteiger partial charge is 0.481 e. The Morgan fingerprint density at radius 3 is 2.62 bits per heavy atom. The van der Waals surface area contributed by atoms with Crippen LogP contribution in [0.4, 0.5) is 0 Å². The average molecular weight is 328 g/mol. The van der Waals surface area contributed by atoms with Crippen LogP contribution in [-0.4, -0.2) is 27.5 Å². The quantitative estimate of drug-likeness (QED) is 0.815. The lowest BCUT2D eigenvalue weighted by molar-refractivity contribution is -0.140. The fourth-order valence-electron chi connectivity index (χ4n) is 2.98. The smallest absolute Gasteiger partial charge is 0.305 e. The summed E-state index contributed by atoms with van der Waals surface area (Å²) >= 11 is 0. The molecule has 1 aliphatic carbocycles. The van der Waals surface area contributed by atoms with E-state index in [0.29, 0.717) is 18.1 Å². The second-order valence-corrected chi connectivity index (χ2v) is 6.24. The minimum atomic E-state index is -0.879. The molecule has 1 aliphatic rings. The molecule has 6 nitrogen and oxygen atoms in total. The molecule has 0 spiro atoms. The van der Waals surface area contributed by atoms with Gasteiger partial charge in [-0.15, -0.1) is 0 Å². The highest BCUT2D eigenvalue weighted by atomic mass is 16.4. The van der Waals surface area contributed by atoms with Crippen LogP contribution in [0.1, 0.15) is 38.0 Å². The second kappa shape index (κ2) is 6.86. The van der Waals surface area contributed by atoms with Crippen LogP contribution >= 0.6 is 0 Å².